The number of anilines is 1. The number of carbonyl (C=O) groups excluding carboxylic acids is 2. The minimum atomic E-state index is -0.102. The molecule has 0 atom stereocenters. The highest BCUT2D eigenvalue weighted by molar-refractivity contribution is 6.14. The van der Waals surface area contributed by atoms with E-state index in [0.717, 1.165) is 12.2 Å². The van der Waals surface area contributed by atoms with Crippen molar-refractivity contribution >= 4 is 17.4 Å². The molecule has 1 aromatic rings. The number of ketones is 1. The zero-order valence-electron chi connectivity index (χ0n) is 10.1. The van der Waals surface area contributed by atoms with Crippen LogP contribution >= 0.6 is 0 Å². The van der Waals surface area contributed by atoms with Gasteiger partial charge in [0, 0.05) is 12.2 Å². The van der Waals surface area contributed by atoms with E-state index in [0.29, 0.717) is 0 Å². The smallest absolute Gasteiger partial charge is 0.234 e. The lowest BCUT2D eigenvalue weighted by Crippen LogP contribution is -2.24. The third kappa shape index (κ3) is 2.71. The quantitative estimate of drug-likeness (QED) is 0.731. The van der Waals surface area contributed by atoms with Crippen LogP contribution < -0.4 is 4.90 Å². The van der Waals surface area contributed by atoms with Crippen LogP contribution in [0.1, 0.15) is 12.0 Å². The molecular weight excluding hydrogens is 216 g/mol. The molecule has 0 aliphatic carbocycles. The van der Waals surface area contributed by atoms with Crippen molar-refractivity contribution in [3.8, 4) is 0 Å². The van der Waals surface area contributed by atoms with E-state index in [9.17, 15) is 9.59 Å². The molecule has 0 aromatic heterocycles. The highest BCUT2D eigenvalue weighted by Crippen LogP contribution is 2.20. The third-order valence-electron chi connectivity index (χ3n) is 2.73. The van der Waals surface area contributed by atoms with Crippen LogP contribution in [0.2, 0.25) is 0 Å². The fraction of sp³-hybridized carbons (Fsp3) is 0.385. The molecule has 1 fully saturated rings. The summed E-state index contributed by atoms with van der Waals surface area (Å²) in [6.45, 7) is 1.08. The molecule has 17 heavy (non-hydrogen) atoms. The molecule has 0 bridgehead atoms. The molecule has 90 valence electrons. The van der Waals surface area contributed by atoms with Gasteiger partial charge in [0.1, 0.15) is 0 Å². The average Bonchev–Trinajstić information content (AvgIpc) is 2.58. The number of benzene rings is 1. The Bertz CT molecular complexity index is 437. The Morgan fingerprint density at radius 3 is 2.29 bits per heavy atom. The summed E-state index contributed by atoms with van der Waals surface area (Å²) in [4.78, 5) is 26.4. The maximum atomic E-state index is 11.5. The summed E-state index contributed by atoms with van der Waals surface area (Å²) < 4.78 is 0. The van der Waals surface area contributed by atoms with E-state index in [-0.39, 0.29) is 24.7 Å². The summed E-state index contributed by atoms with van der Waals surface area (Å²) in [5, 5.41) is 0. The molecule has 4 heteroatoms. The Kier molecular flexibility index (Phi) is 3.24. The molecule has 1 aliphatic heterocycles. The minimum absolute atomic E-state index is 0.00707. The largest absolute Gasteiger partial charge is 0.305 e. The summed E-state index contributed by atoms with van der Waals surface area (Å²) in [6, 6.07) is 7.78. The first kappa shape index (κ1) is 11.8. The van der Waals surface area contributed by atoms with Gasteiger partial charge in [0.15, 0.2) is 5.78 Å². The Labute approximate surface area is 101 Å². The molecule has 0 spiro atoms. The summed E-state index contributed by atoms with van der Waals surface area (Å²) in [7, 11) is 4.02. The van der Waals surface area contributed by atoms with E-state index in [2.05, 4.69) is 4.90 Å². The van der Waals surface area contributed by atoms with Gasteiger partial charge >= 0.3 is 0 Å². The van der Waals surface area contributed by atoms with Crippen LogP contribution in [-0.4, -0.2) is 37.2 Å². The van der Waals surface area contributed by atoms with E-state index in [4.69, 9.17) is 0 Å². The van der Waals surface area contributed by atoms with Gasteiger partial charge in [-0.25, -0.2) is 0 Å². The van der Waals surface area contributed by atoms with Gasteiger partial charge in [0.05, 0.1) is 13.0 Å². The maximum absolute atomic E-state index is 11.5. The molecule has 0 unspecified atom stereocenters. The van der Waals surface area contributed by atoms with Crippen molar-refractivity contribution in [2.24, 2.45) is 0 Å². The number of Topliss-reactive ketones (excluding diaryl/α,β-unsaturated/α-hetero) is 1. The van der Waals surface area contributed by atoms with Gasteiger partial charge in [-0.05, 0) is 31.8 Å². The number of carbonyl (C=O) groups is 2. The minimum Gasteiger partial charge on any atom is -0.305 e. The molecule has 2 rings (SSSR count). The second-order valence-electron chi connectivity index (χ2n) is 4.60. The van der Waals surface area contributed by atoms with Gasteiger partial charge in [-0.2, -0.15) is 0 Å². The third-order valence-corrected chi connectivity index (χ3v) is 2.73. The zero-order chi connectivity index (χ0) is 12.4. The van der Waals surface area contributed by atoms with Crippen LogP contribution in [-0.2, 0) is 16.1 Å². The second-order valence-corrected chi connectivity index (χ2v) is 4.60. The number of rotatable bonds is 3. The van der Waals surface area contributed by atoms with Crippen LogP contribution in [0, 0.1) is 0 Å². The average molecular weight is 232 g/mol. The summed E-state index contributed by atoms with van der Waals surface area (Å²) >= 11 is 0. The fourth-order valence-corrected chi connectivity index (χ4v) is 1.97. The first-order valence-corrected chi connectivity index (χ1v) is 5.62. The van der Waals surface area contributed by atoms with Crippen LogP contribution in [0.3, 0.4) is 0 Å². The highest BCUT2D eigenvalue weighted by atomic mass is 16.2. The van der Waals surface area contributed by atoms with Crippen LogP contribution in [0.5, 0.6) is 0 Å². The Morgan fingerprint density at radius 1 is 1.18 bits per heavy atom. The van der Waals surface area contributed by atoms with E-state index in [1.165, 1.54) is 5.56 Å². The molecule has 1 amide bonds. The summed E-state index contributed by atoms with van der Waals surface area (Å²) in [5.41, 5.74) is 2.00. The molecule has 1 aliphatic rings. The zero-order valence-corrected chi connectivity index (χ0v) is 10.1. The van der Waals surface area contributed by atoms with Crippen molar-refractivity contribution in [3.63, 3.8) is 0 Å². The fourth-order valence-electron chi connectivity index (χ4n) is 1.97. The van der Waals surface area contributed by atoms with Gasteiger partial charge in [-0.15, -0.1) is 0 Å². The monoisotopic (exact) mass is 232 g/mol. The molecule has 0 N–H and O–H groups in total. The van der Waals surface area contributed by atoms with Crippen molar-refractivity contribution in [3.05, 3.63) is 29.8 Å². The predicted molar refractivity (Wildman–Crippen MR) is 65.8 cm³/mol. The first-order valence-electron chi connectivity index (χ1n) is 5.62. The lowest BCUT2D eigenvalue weighted by molar-refractivity contribution is -0.121. The van der Waals surface area contributed by atoms with Crippen LogP contribution in [0.15, 0.2) is 24.3 Å². The van der Waals surface area contributed by atoms with Crippen molar-refractivity contribution in [2.75, 3.05) is 25.5 Å². The topological polar surface area (TPSA) is 40.6 Å². The lowest BCUT2D eigenvalue weighted by Gasteiger charge is -2.16. The number of nitrogens with zero attached hydrogens (tertiary/aromatic N) is 2. The Balaban J connectivity index is 2.13. The molecule has 4 nitrogen and oxygen atoms in total. The first-order chi connectivity index (χ1) is 8.06. The number of amides is 1. The van der Waals surface area contributed by atoms with Gasteiger partial charge < -0.3 is 9.80 Å². The van der Waals surface area contributed by atoms with E-state index < -0.39 is 0 Å². The van der Waals surface area contributed by atoms with Gasteiger partial charge in [0.25, 0.3) is 0 Å². The molecule has 1 saturated heterocycles. The number of hydrogen-bond donors (Lipinski definition) is 0. The standard InChI is InChI=1S/C13H16N2O2/c1-14(2)8-10-3-5-11(6-4-10)15-9-12(16)7-13(15)17/h3-6H,7-9H2,1-2H3. The maximum Gasteiger partial charge on any atom is 0.234 e. The van der Waals surface area contributed by atoms with Gasteiger partial charge in [-0.1, -0.05) is 12.1 Å². The SMILES string of the molecule is CN(C)Cc1ccc(N2CC(=O)CC2=O)cc1. The molecule has 1 aromatic carbocycles. The van der Waals surface area contributed by atoms with E-state index >= 15 is 0 Å². The van der Waals surface area contributed by atoms with Crippen LogP contribution in [0.25, 0.3) is 0 Å². The van der Waals surface area contributed by atoms with Crippen molar-refractivity contribution < 1.29 is 9.59 Å². The number of hydrogen-bond acceptors (Lipinski definition) is 3. The normalized spacial score (nSPS) is 16.1. The molecular formula is C13H16N2O2. The Hall–Kier alpha value is -1.68. The van der Waals surface area contributed by atoms with Gasteiger partial charge in [0.2, 0.25) is 5.91 Å². The van der Waals surface area contributed by atoms with E-state index in [1.807, 2.05) is 38.4 Å². The highest BCUT2D eigenvalue weighted by Gasteiger charge is 2.28. The van der Waals surface area contributed by atoms with Crippen LogP contribution in [0.4, 0.5) is 5.69 Å². The molecule has 0 saturated carbocycles. The lowest BCUT2D eigenvalue weighted by atomic mass is 10.2. The van der Waals surface area contributed by atoms with E-state index in [1.54, 1.807) is 4.90 Å². The summed E-state index contributed by atoms with van der Waals surface area (Å²) in [5.74, 6) is -0.109. The van der Waals surface area contributed by atoms with Crippen molar-refractivity contribution in [1.29, 1.82) is 0 Å². The Morgan fingerprint density at radius 2 is 1.82 bits per heavy atom. The predicted octanol–water partition coefficient (Wildman–Crippen LogP) is 1.05. The molecule has 1 heterocycles. The summed E-state index contributed by atoms with van der Waals surface area (Å²) in [6.07, 6.45) is 0.0411. The second kappa shape index (κ2) is 4.67. The van der Waals surface area contributed by atoms with Gasteiger partial charge in [-0.3, -0.25) is 9.59 Å². The van der Waals surface area contributed by atoms with Crippen molar-refractivity contribution in [1.82, 2.24) is 4.90 Å². The molecule has 0 radical (unpaired) electrons. The van der Waals surface area contributed by atoms with Crippen molar-refractivity contribution in [2.45, 2.75) is 13.0 Å².